The first kappa shape index (κ1) is 17.3. The zero-order chi connectivity index (χ0) is 17.3. The van der Waals surface area contributed by atoms with E-state index in [0.29, 0.717) is 4.21 Å². The topological polar surface area (TPSA) is 64.0 Å². The third-order valence-corrected chi connectivity index (χ3v) is 7.55. The van der Waals surface area contributed by atoms with Crippen LogP contribution in [0.4, 0.5) is 0 Å². The van der Waals surface area contributed by atoms with Crippen molar-refractivity contribution in [3.05, 3.63) is 56.9 Å². The molecule has 1 N–H and O–H groups in total. The van der Waals surface area contributed by atoms with Crippen molar-refractivity contribution in [3.63, 3.8) is 0 Å². The number of hydrogen-bond donors (Lipinski definition) is 1. The van der Waals surface area contributed by atoms with E-state index >= 15 is 0 Å². The maximum absolute atomic E-state index is 12.5. The molecule has 0 spiro atoms. The van der Waals surface area contributed by atoms with Gasteiger partial charge in [0.1, 0.15) is 4.21 Å². The average Bonchev–Trinajstić information content (AvgIpc) is 3.22. The van der Waals surface area contributed by atoms with Gasteiger partial charge in [-0.05, 0) is 50.4 Å². The summed E-state index contributed by atoms with van der Waals surface area (Å²) in [6, 6.07) is 9.28. The first-order valence-electron chi connectivity index (χ1n) is 7.49. The third-order valence-electron chi connectivity index (χ3n) is 3.66. The van der Waals surface area contributed by atoms with Crippen LogP contribution >= 0.6 is 22.7 Å². The van der Waals surface area contributed by atoms with Gasteiger partial charge in [0, 0.05) is 22.0 Å². The molecule has 0 radical (unpaired) electrons. The lowest BCUT2D eigenvalue weighted by atomic mass is 10.2. The third kappa shape index (κ3) is 3.61. The van der Waals surface area contributed by atoms with Crippen molar-refractivity contribution in [2.45, 2.75) is 31.0 Å². The van der Waals surface area contributed by atoms with Crippen LogP contribution in [0.25, 0.3) is 0 Å². The highest BCUT2D eigenvalue weighted by Crippen LogP contribution is 2.26. The molecule has 1 atom stereocenters. The van der Waals surface area contributed by atoms with Crippen LogP contribution in [0.2, 0.25) is 0 Å². The van der Waals surface area contributed by atoms with Gasteiger partial charge in [-0.3, -0.25) is 4.68 Å². The lowest BCUT2D eigenvalue weighted by molar-refractivity contribution is 0.500. The van der Waals surface area contributed by atoms with Crippen LogP contribution in [-0.4, -0.2) is 24.7 Å². The molecule has 8 heteroatoms. The van der Waals surface area contributed by atoms with Gasteiger partial charge in [-0.1, -0.05) is 6.07 Å². The van der Waals surface area contributed by atoms with E-state index in [1.165, 1.54) is 11.3 Å². The normalized spacial score (nSPS) is 13.3. The Morgan fingerprint density at radius 1 is 1.25 bits per heavy atom. The molecule has 24 heavy (non-hydrogen) atoms. The summed E-state index contributed by atoms with van der Waals surface area (Å²) >= 11 is 2.88. The minimum absolute atomic E-state index is 0.158. The standard InChI is InChI=1S/C16H19N3O2S3/c1-11-9-12(2)19(18-11)14(15-5-4-8-22-15)10-17-24(20,21)16-7-6-13(3)23-16/h4-9,14,17H,10H2,1-3H3/t14-/m1/s1. The van der Waals surface area contributed by atoms with Crippen molar-refractivity contribution < 1.29 is 8.42 Å². The Hall–Kier alpha value is -1.48. The summed E-state index contributed by atoms with van der Waals surface area (Å²) in [6.45, 7) is 6.08. The molecular weight excluding hydrogens is 362 g/mol. The number of aryl methyl sites for hydroxylation is 3. The van der Waals surface area contributed by atoms with E-state index in [4.69, 9.17) is 0 Å². The van der Waals surface area contributed by atoms with Gasteiger partial charge in [0.05, 0.1) is 11.7 Å². The number of nitrogens with zero attached hydrogens (tertiary/aromatic N) is 2. The van der Waals surface area contributed by atoms with Crippen molar-refractivity contribution in [1.29, 1.82) is 0 Å². The van der Waals surface area contributed by atoms with E-state index in [2.05, 4.69) is 9.82 Å². The Morgan fingerprint density at radius 3 is 2.58 bits per heavy atom. The summed E-state index contributed by atoms with van der Waals surface area (Å²) < 4.78 is 30.0. The molecule has 3 aromatic heterocycles. The lowest BCUT2D eigenvalue weighted by Gasteiger charge is -2.18. The fourth-order valence-electron chi connectivity index (χ4n) is 2.57. The molecule has 128 valence electrons. The first-order valence-corrected chi connectivity index (χ1v) is 10.7. The van der Waals surface area contributed by atoms with Crippen LogP contribution in [0.1, 0.15) is 27.2 Å². The van der Waals surface area contributed by atoms with Gasteiger partial charge >= 0.3 is 0 Å². The number of hydrogen-bond acceptors (Lipinski definition) is 5. The molecule has 0 fully saturated rings. The molecule has 0 amide bonds. The van der Waals surface area contributed by atoms with Crippen LogP contribution in [0, 0.1) is 20.8 Å². The smallest absolute Gasteiger partial charge is 0.250 e. The van der Waals surface area contributed by atoms with E-state index in [1.807, 2.05) is 55.1 Å². The Morgan fingerprint density at radius 2 is 2.04 bits per heavy atom. The fourth-order valence-corrected chi connectivity index (χ4v) is 5.74. The van der Waals surface area contributed by atoms with Crippen molar-refractivity contribution >= 4 is 32.7 Å². The summed E-state index contributed by atoms with van der Waals surface area (Å²) in [7, 11) is -3.51. The number of thiophene rings is 2. The molecule has 0 aliphatic carbocycles. The summed E-state index contributed by atoms with van der Waals surface area (Å²) in [6.07, 6.45) is 0. The predicted octanol–water partition coefficient (Wildman–Crippen LogP) is 3.50. The van der Waals surface area contributed by atoms with E-state index in [-0.39, 0.29) is 12.6 Å². The molecule has 5 nitrogen and oxygen atoms in total. The van der Waals surface area contributed by atoms with E-state index in [0.717, 1.165) is 21.1 Å². The lowest BCUT2D eigenvalue weighted by Crippen LogP contribution is -2.31. The van der Waals surface area contributed by atoms with Gasteiger partial charge in [-0.2, -0.15) is 5.10 Å². The highest BCUT2D eigenvalue weighted by molar-refractivity contribution is 7.91. The summed E-state index contributed by atoms with van der Waals surface area (Å²) in [5, 5.41) is 6.53. The van der Waals surface area contributed by atoms with Gasteiger partial charge in [-0.25, -0.2) is 13.1 Å². The maximum atomic E-state index is 12.5. The Balaban J connectivity index is 1.87. The molecule has 3 aromatic rings. The van der Waals surface area contributed by atoms with Crippen LogP contribution in [-0.2, 0) is 10.0 Å². The Labute approximate surface area is 150 Å². The number of sulfonamides is 1. The fraction of sp³-hybridized carbons (Fsp3) is 0.312. The molecular formula is C16H19N3O2S3. The van der Waals surface area contributed by atoms with Gasteiger partial charge in [0.2, 0.25) is 10.0 Å². The zero-order valence-electron chi connectivity index (χ0n) is 13.7. The minimum Gasteiger partial charge on any atom is -0.260 e. The first-order chi connectivity index (χ1) is 11.4. The molecule has 0 bridgehead atoms. The highest BCUT2D eigenvalue weighted by atomic mass is 32.2. The van der Waals surface area contributed by atoms with Crippen molar-refractivity contribution in [3.8, 4) is 0 Å². The SMILES string of the molecule is Cc1cc(C)n([C@H](CNS(=O)(=O)c2ccc(C)s2)c2cccs2)n1. The molecule has 0 aliphatic rings. The van der Waals surface area contributed by atoms with E-state index in [9.17, 15) is 8.42 Å². The van der Waals surface area contributed by atoms with Crippen molar-refractivity contribution in [1.82, 2.24) is 14.5 Å². The zero-order valence-corrected chi connectivity index (χ0v) is 16.1. The quantitative estimate of drug-likeness (QED) is 0.711. The van der Waals surface area contributed by atoms with Gasteiger partial charge < -0.3 is 0 Å². The van der Waals surface area contributed by atoms with Crippen molar-refractivity contribution in [2.75, 3.05) is 6.54 Å². The molecule has 3 rings (SSSR count). The monoisotopic (exact) mass is 381 g/mol. The maximum Gasteiger partial charge on any atom is 0.250 e. The second kappa shape index (κ2) is 6.79. The van der Waals surface area contributed by atoms with E-state index in [1.54, 1.807) is 17.4 Å². The number of aromatic nitrogens is 2. The Kier molecular flexibility index (Phi) is 4.91. The highest BCUT2D eigenvalue weighted by Gasteiger charge is 2.23. The summed E-state index contributed by atoms with van der Waals surface area (Å²) in [5.74, 6) is 0. The number of rotatable bonds is 6. The minimum atomic E-state index is -3.51. The summed E-state index contributed by atoms with van der Waals surface area (Å²) in [4.78, 5) is 2.05. The predicted molar refractivity (Wildman–Crippen MR) is 98.4 cm³/mol. The van der Waals surface area contributed by atoms with Crippen LogP contribution < -0.4 is 4.72 Å². The second-order valence-corrected chi connectivity index (χ2v) is 9.88. The Bertz CT molecular complexity index is 924. The number of nitrogens with one attached hydrogen (secondary N) is 1. The summed E-state index contributed by atoms with van der Waals surface area (Å²) in [5.41, 5.74) is 1.93. The van der Waals surface area contributed by atoms with Crippen LogP contribution in [0.3, 0.4) is 0 Å². The second-order valence-electron chi connectivity index (χ2n) is 5.62. The van der Waals surface area contributed by atoms with Gasteiger partial charge in [-0.15, -0.1) is 22.7 Å². The van der Waals surface area contributed by atoms with Gasteiger partial charge in [0.25, 0.3) is 0 Å². The van der Waals surface area contributed by atoms with E-state index < -0.39 is 10.0 Å². The molecule has 0 aliphatic heterocycles. The average molecular weight is 382 g/mol. The van der Waals surface area contributed by atoms with Gasteiger partial charge in [0.15, 0.2) is 0 Å². The van der Waals surface area contributed by atoms with Crippen LogP contribution in [0.5, 0.6) is 0 Å². The largest absolute Gasteiger partial charge is 0.260 e. The molecule has 0 unspecified atom stereocenters. The van der Waals surface area contributed by atoms with Crippen molar-refractivity contribution in [2.24, 2.45) is 0 Å². The molecule has 0 saturated carbocycles. The van der Waals surface area contributed by atoms with Crippen LogP contribution in [0.15, 0.2) is 39.9 Å². The molecule has 0 aromatic carbocycles. The molecule has 3 heterocycles. The molecule has 0 saturated heterocycles.